The van der Waals surface area contributed by atoms with Crippen LogP contribution < -0.4 is 21.5 Å². The molecule has 104 valence electrons. The Morgan fingerprint density at radius 1 is 1.35 bits per heavy atom. The molecular formula is C14H16N4O2. The van der Waals surface area contributed by atoms with E-state index in [0.29, 0.717) is 29.4 Å². The first-order valence-electron chi connectivity index (χ1n) is 6.02. The van der Waals surface area contributed by atoms with E-state index in [2.05, 4.69) is 10.3 Å². The average molecular weight is 272 g/mol. The van der Waals surface area contributed by atoms with Crippen molar-refractivity contribution >= 4 is 17.4 Å². The Labute approximate surface area is 116 Å². The quantitative estimate of drug-likeness (QED) is 0.713. The molecule has 0 saturated carbocycles. The van der Waals surface area contributed by atoms with Gasteiger partial charge in [-0.05, 0) is 29.8 Å². The predicted octanol–water partition coefficient (Wildman–Crippen LogP) is 1.38. The number of hydrogen-bond donors (Lipinski definition) is 3. The SMILES string of the molecule is COc1ccc(CNc2ccc(C(N)=O)cn2)cc1N. The zero-order valence-corrected chi connectivity index (χ0v) is 11.1. The number of carbonyl (C=O) groups is 1. The van der Waals surface area contributed by atoms with Gasteiger partial charge >= 0.3 is 0 Å². The summed E-state index contributed by atoms with van der Waals surface area (Å²) in [6.07, 6.45) is 1.44. The normalized spacial score (nSPS) is 10.1. The van der Waals surface area contributed by atoms with Gasteiger partial charge in [-0.15, -0.1) is 0 Å². The minimum atomic E-state index is -0.494. The van der Waals surface area contributed by atoms with Crippen molar-refractivity contribution in [1.29, 1.82) is 0 Å². The van der Waals surface area contributed by atoms with Crippen LogP contribution in [0.4, 0.5) is 11.5 Å². The first-order chi connectivity index (χ1) is 9.60. The first-order valence-corrected chi connectivity index (χ1v) is 6.02. The molecule has 0 aliphatic rings. The van der Waals surface area contributed by atoms with Crippen LogP contribution >= 0.6 is 0 Å². The van der Waals surface area contributed by atoms with Crippen molar-refractivity contribution in [2.45, 2.75) is 6.54 Å². The van der Waals surface area contributed by atoms with Gasteiger partial charge in [-0.2, -0.15) is 0 Å². The van der Waals surface area contributed by atoms with E-state index in [1.165, 1.54) is 6.20 Å². The van der Waals surface area contributed by atoms with Crippen molar-refractivity contribution < 1.29 is 9.53 Å². The molecule has 1 amide bonds. The van der Waals surface area contributed by atoms with Crippen LogP contribution in [0.25, 0.3) is 0 Å². The lowest BCUT2D eigenvalue weighted by atomic mass is 10.2. The summed E-state index contributed by atoms with van der Waals surface area (Å²) in [4.78, 5) is 15.0. The Balaban J connectivity index is 2.01. The monoisotopic (exact) mass is 272 g/mol. The van der Waals surface area contributed by atoms with E-state index in [4.69, 9.17) is 16.2 Å². The van der Waals surface area contributed by atoms with Crippen molar-refractivity contribution in [1.82, 2.24) is 4.98 Å². The minimum absolute atomic E-state index is 0.379. The molecule has 5 N–H and O–H groups in total. The van der Waals surface area contributed by atoms with Crippen LogP contribution in [-0.2, 0) is 6.54 Å². The maximum absolute atomic E-state index is 10.9. The highest BCUT2D eigenvalue weighted by Gasteiger charge is 2.03. The lowest BCUT2D eigenvalue weighted by Crippen LogP contribution is -2.11. The number of ether oxygens (including phenoxy) is 1. The predicted molar refractivity (Wildman–Crippen MR) is 77.5 cm³/mol. The Bertz CT molecular complexity index is 611. The highest BCUT2D eigenvalue weighted by atomic mass is 16.5. The summed E-state index contributed by atoms with van der Waals surface area (Å²) in [6.45, 7) is 0.567. The van der Waals surface area contributed by atoms with Crippen LogP contribution in [0.1, 0.15) is 15.9 Å². The Morgan fingerprint density at radius 3 is 2.70 bits per heavy atom. The van der Waals surface area contributed by atoms with Crippen molar-refractivity contribution in [2.75, 3.05) is 18.2 Å². The van der Waals surface area contributed by atoms with Gasteiger partial charge in [0.1, 0.15) is 11.6 Å². The first kappa shape index (κ1) is 13.7. The minimum Gasteiger partial charge on any atom is -0.495 e. The molecule has 20 heavy (non-hydrogen) atoms. The summed E-state index contributed by atoms with van der Waals surface area (Å²) in [5, 5.41) is 3.13. The topological polar surface area (TPSA) is 103 Å². The molecule has 0 radical (unpaired) electrons. The third-order valence-corrected chi connectivity index (χ3v) is 2.82. The largest absolute Gasteiger partial charge is 0.495 e. The van der Waals surface area contributed by atoms with Crippen LogP contribution in [0.5, 0.6) is 5.75 Å². The van der Waals surface area contributed by atoms with Crippen molar-refractivity contribution in [2.24, 2.45) is 5.73 Å². The van der Waals surface area contributed by atoms with Crippen LogP contribution in [0.15, 0.2) is 36.5 Å². The summed E-state index contributed by atoms with van der Waals surface area (Å²) >= 11 is 0. The molecule has 1 aromatic carbocycles. The van der Waals surface area contributed by atoms with E-state index in [-0.39, 0.29) is 0 Å². The highest BCUT2D eigenvalue weighted by Crippen LogP contribution is 2.22. The maximum atomic E-state index is 10.9. The number of rotatable bonds is 5. The average Bonchev–Trinajstić information content (AvgIpc) is 2.45. The number of nitrogens with one attached hydrogen (secondary N) is 1. The number of nitrogens with zero attached hydrogens (tertiary/aromatic N) is 1. The van der Waals surface area contributed by atoms with Gasteiger partial charge in [-0.1, -0.05) is 6.07 Å². The molecule has 0 aliphatic carbocycles. The second kappa shape index (κ2) is 5.92. The Hall–Kier alpha value is -2.76. The molecule has 0 spiro atoms. The fraction of sp³-hybridized carbons (Fsp3) is 0.143. The molecule has 1 aromatic heterocycles. The number of pyridine rings is 1. The van der Waals surface area contributed by atoms with Gasteiger partial charge < -0.3 is 21.5 Å². The lowest BCUT2D eigenvalue weighted by Gasteiger charge is -2.09. The second-order valence-electron chi connectivity index (χ2n) is 4.23. The maximum Gasteiger partial charge on any atom is 0.250 e. The van der Waals surface area contributed by atoms with Gasteiger partial charge in [0.2, 0.25) is 5.91 Å². The summed E-state index contributed by atoms with van der Waals surface area (Å²) in [6, 6.07) is 8.90. The highest BCUT2D eigenvalue weighted by molar-refractivity contribution is 5.92. The summed E-state index contributed by atoms with van der Waals surface area (Å²) in [5.74, 6) is 0.814. The molecule has 2 aromatic rings. The second-order valence-corrected chi connectivity index (χ2v) is 4.23. The number of benzene rings is 1. The van der Waals surface area contributed by atoms with E-state index in [1.807, 2.05) is 18.2 Å². The molecule has 0 fully saturated rings. The number of anilines is 2. The van der Waals surface area contributed by atoms with Crippen LogP contribution in [0.3, 0.4) is 0 Å². The number of primary amides is 1. The van der Waals surface area contributed by atoms with Gasteiger partial charge in [0.25, 0.3) is 0 Å². The van der Waals surface area contributed by atoms with Crippen molar-refractivity contribution in [3.63, 3.8) is 0 Å². The van der Waals surface area contributed by atoms with E-state index in [9.17, 15) is 4.79 Å². The molecule has 0 saturated heterocycles. The Kier molecular flexibility index (Phi) is 4.05. The molecule has 6 nitrogen and oxygen atoms in total. The number of aromatic nitrogens is 1. The molecular weight excluding hydrogens is 256 g/mol. The third-order valence-electron chi connectivity index (χ3n) is 2.82. The van der Waals surface area contributed by atoms with Crippen LogP contribution in [0.2, 0.25) is 0 Å². The number of hydrogen-bond acceptors (Lipinski definition) is 5. The smallest absolute Gasteiger partial charge is 0.250 e. The zero-order valence-electron chi connectivity index (χ0n) is 11.1. The fourth-order valence-corrected chi connectivity index (χ4v) is 1.73. The molecule has 2 rings (SSSR count). The van der Waals surface area contributed by atoms with Gasteiger partial charge in [0.05, 0.1) is 18.4 Å². The van der Waals surface area contributed by atoms with E-state index in [0.717, 1.165) is 5.56 Å². The van der Waals surface area contributed by atoms with Gasteiger partial charge in [0.15, 0.2) is 0 Å². The van der Waals surface area contributed by atoms with E-state index >= 15 is 0 Å². The Morgan fingerprint density at radius 2 is 2.15 bits per heavy atom. The number of nitrogen functional groups attached to an aromatic ring is 1. The third kappa shape index (κ3) is 3.17. The van der Waals surface area contributed by atoms with Crippen LogP contribution in [0, 0.1) is 0 Å². The molecule has 0 unspecified atom stereocenters. The van der Waals surface area contributed by atoms with Gasteiger partial charge in [0, 0.05) is 12.7 Å². The van der Waals surface area contributed by atoms with Crippen molar-refractivity contribution in [3.05, 3.63) is 47.7 Å². The zero-order chi connectivity index (χ0) is 14.5. The number of methoxy groups -OCH3 is 1. The molecule has 0 atom stereocenters. The summed E-state index contributed by atoms with van der Waals surface area (Å²) in [7, 11) is 1.58. The summed E-state index contributed by atoms with van der Waals surface area (Å²) in [5.41, 5.74) is 13.0. The number of amides is 1. The number of nitrogens with two attached hydrogens (primary N) is 2. The molecule has 0 aliphatic heterocycles. The molecule has 0 bridgehead atoms. The molecule has 6 heteroatoms. The molecule has 1 heterocycles. The van der Waals surface area contributed by atoms with Gasteiger partial charge in [-0.3, -0.25) is 4.79 Å². The summed E-state index contributed by atoms with van der Waals surface area (Å²) < 4.78 is 5.10. The van der Waals surface area contributed by atoms with Crippen molar-refractivity contribution in [3.8, 4) is 5.75 Å². The van der Waals surface area contributed by atoms with Gasteiger partial charge in [-0.25, -0.2) is 4.98 Å². The standard InChI is InChI=1S/C14H16N4O2/c1-20-12-4-2-9(6-11(12)15)7-17-13-5-3-10(8-18-13)14(16)19/h2-6,8H,7,15H2,1H3,(H2,16,19)(H,17,18). The van der Waals surface area contributed by atoms with E-state index in [1.54, 1.807) is 19.2 Å². The number of carbonyl (C=O) groups excluding carboxylic acids is 1. The lowest BCUT2D eigenvalue weighted by molar-refractivity contribution is 0.1000. The fourth-order valence-electron chi connectivity index (χ4n) is 1.73. The van der Waals surface area contributed by atoms with Crippen LogP contribution in [-0.4, -0.2) is 18.0 Å². The van der Waals surface area contributed by atoms with E-state index < -0.39 is 5.91 Å².